The summed E-state index contributed by atoms with van der Waals surface area (Å²) in [5, 5.41) is 2.11. The Morgan fingerprint density at radius 3 is 2.44 bits per heavy atom. The molecular weight excluding hydrogens is 310 g/mol. The molecule has 0 unspecified atom stereocenters. The molecule has 0 aliphatic heterocycles. The van der Waals surface area contributed by atoms with E-state index < -0.39 is 0 Å². The molecule has 0 spiro atoms. The third-order valence-corrected chi connectivity index (χ3v) is 4.36. The minimum Gasteiger partial charge on any atom is -0.495 e. The summed E-state index contributed by atoms with van der Waals surface area (Å²) in [4.78, 5) is 14.2. The molecule has 4 nitrogen and oxygen atoms in total. The highest BCUT2D eigenvalue weighted by molar-refractivity contribution is 5.65. The van der Waals surface area contributed by atoms with Crippen molar-refractivity contribution in [3.05, 3.63) is 58.7 Å². The Bertz CT molecular complexity index is 1040. The summed E-state index contributed by atoms with van der Waals surface area (Å²) in [7, 11) is 1.65. The van der Waals surface area contributed by atoms with Crippen molar-refractivity contribution in [3.8, 4) is 28.5 Å². The highest BCUT2D eigenvalue weighted by atomic mass is 16.5. The maximum absolute atomic E-state index is 5.30. The molecule has 4 rings (SSSR count). The summed E-state index contributed by atoms with van der Waals surface area (Å²) >= 11 is 0. The van der Waals surface area contributed by atoms with Crippen LogP contribution in [0.3, 0.4) is 0 Å². The molecule has 1 aliphatic rings. The Hall–Kier alpha value is -3.01. The topological polar surface area (TPSA) is 47.9 Å². The van der Waals surface area contributed by atoms with Crippen LogP contribution in [0.15, 0.2) is 42.5 Å². The van der Waals surface area contributed by atoms with E-state index in [-0.39, 0.29) is 0 Å². The van der Waals surface area contributed by atoms with Gasteiger partial charge in [0.05, 0.1) is 23.8 Å². The van der Waals surface area contributed by atoms with E-state index in [1.807, 2.05) is 37.3 Å². The SMILES string of the molecule is COc1ccc(-c2nc(-c3ccccc3)c3c(n2)=CCCC=3)nc1C. The fraction of sp³-hybridized carbons (Fsp3) is 0.190. The van der Waals surface area contributed by atoms with Crippen LogP contribution in [0.1, 0.15) is 18.5 Å². The van der Waals surface area contributed by atoms with Gasteiger partial charge in [0.1, 0.15) is 11.4 Å². The minimum absolute atomic E-state index is 0.648. The number of pyridine rings is 1. The fourth-order valence-corrected chi connectivity index (χ4v) is 3.11. The molecule has 0 bridgehead atoms. The van der Waals surface area contributed by atoms with Gasteiger partial charge in [-0.2, -0.15) is 0 Å². The van der Waals surface area contributed by atoms with Gasteiger partial charge < -0.3 is 4.74 Å². The second-order valence-electron chi connectivity index (χ2n) is 6.03. The van der Waals surface area contributed by atoms with Gasteiger partial charge in [-0.1, -0.05) is 42.5 Å². The van der Waals surface area contributed by atoms with Crippen LogP contribution in [0.4, 0.5) is 0 Å². The zero-order valence-electron chi connectivity index (χ0n) is 14.4. The molecule has 0 radical (unpaired) electrons. The van der Waals surface area contributed by atoms with Crippen molar-refractivity contribution in [2.45, 2.75) is 19.8 Å². The Balaban J connectivity index is 1.95. The third kappa shape index (κ3) is 2.91. The van der Waals surface area contributed by atoms with E-state index in [1.54, 1.807) is 7.11 Å². The average molecular weight is 329 g/mol. The first-order valence-corrected chi connectivity index (χ1v) is 8.42. The number of fused-ring (bicyclic) bond motifs is 1. The van der Waals surface area contributed by atoms with Crippen LogP contribution in [-0.2, 0) is 0 Å². The quantitative estimate of drug-likeness (QED) is 0.741. The number of ether oxygens (including phenoxy) is 1. The van der Waals surface area contributed by atoms with E-state index in [0.29, 0.717) is 5.82 Å². The first-order chi connectivity index (χ1) is 12.3. The minimum atomic E-state index is 0.648. The van der Waals surface area contributed by atoms with Gasteiger partial charge in [0, 0.05) is 10.8 Å². The Labute approximate surface area is 146 Å². The van der Waals surface area contributed by atoms with Crippen LogP contribution in [0.2, 0.25) is 0 Å². The van der Waals surface area contributed by atoms with E-state index in [4.69, 9.17) is 14.7 Å². The largest absolute Gasteiger partial charge is 0.495 e. The fourth-order valence-electron chi connectivity index (χ4n) is 3.11. The van der Waals surface area contributed by atoms with Crippen LogP contribution < -0.4 is 15.3 Å². The van der Waals surface area contributed by atoms with Crippen LogP contribution in [0, 0.1) is 6.92 Å². The second-order valence-corrected chi connectivity index (χ2v) is 6.03. The molecule has 2 heterocycles. The number of aryl methyl sites for hydroxylation is 1. The van der Waals surface area contributed by atoms with E-state index in [1.165, 1.54) is 0 Å². The summed E-state index contributed by atoms with van der Waals surface area (Å²) in [6, 6.07) is 14.1. The molecule has 1 aromatic carbocycles. The van der Waals surface area contributed by atoms with Gasteiger partial charge in [-0.3, -0.25) is 0 Å². The van der Waals surface area contributed by atoms with Gasteiger partial charge in [-0.05, 0) is 31.9 Å². The lowest BCUT2D eigenvalue weighted by Crippen LogP contribution is -2.33. The van der Waals surface area contributed by atoms with Crippen LogP contribution in [0.25, 0.3) is 34.9 Å². The standard InChI is InChI=1S/C21H19N3O/c1-14-19(25-2)13-12-18(22-14)21-23-17-11-7-6-10-16(17)20(24-21)15-8-4-3-5-9-15/h3-5,8-13H,6-7H2,1-2H3. The Morgan fingerprint density at radius 2 is 1.68 bits per heavy atom. The molecule has 3 aromatic rings. The monoisotopic (exact) mass is 329 g/mol. The summed E-state index contributed by atoms with van der Waals surface area (Å²) in [5.41, 5.74) is 3.65. The van der Waals surface area contributed by atoms with Crippen molar-refractivity contribution in [1.82, 2.24) is 15.0 Å². The van der Waals surface area contributed by atoms with Gasteiger partial charge in [0.15, 0.2) is 5.82 Å². The van der Waals surface area contributed by atoms with E-state index >= 15 is 0 Å². The van der Waals surface area contributed by atoms with Gasteiger partial charge >= 0.3 is 0 Å². The molecule has 0 fully saturated rings. The van der Waals surface area contributed by atoms with E-state index in [9.17, 15) is 0 Å². The number of aromatic nitrogens is 3. The summed E-state index contributed by atoms with van der Waals surface area (Å²) < 4.78 is 5.30. The molecule has 0 N–H and O–H groups in total. The van der Waals surface area contributed by atoms with Crippen molar-refractivity contribution in [1.29, 1.82) is 0 Å². The summed E-state index contributed by atoms with van der Waals surface area (Å²) in [6.45, 7) is 1.93. The molecule has 0 atom stereocenters. The molecule has 0 saturated carbocycles. The maximum Gasteiger partial charge on any atom is 0.179 e. The molecular formula is C21H19N3O. The molecule has 1 aliphatic carbocycles. The van der Waals surface area contributed by atoms with Crippen LogP contribution >= 0.6 is 0 Å². The first kappa shape index (κ1) is 15.5. The van der Waals surface area contributed by atoms with Crippen LogP contribution in [0.5, 0.6) is 5.75 Å². The second kappa shape index (κ2) is 6.48. The van der Waals surface area contributed by atoms with Crippen molar-refractivity contribution < 1.29 is 4.74 Å². The molecule has 25 heavy (non-hydrogen) atoms. The van der Waals surface area contributed by atoms with E-state index in [2.05, 4.69) is 29.3 Å². The number of benzene rings is 1. The van der Waals surface area contributed by atoms with Gasteiger partial charge in [0.25, 0.3) is 0 Å². The van der Waals surface area contributed by atoms with Crippen LogP contribution in [-0.4, -0.2) is 22.1 Å². The van der Waals surface area contributed by atoms with Gasteiger partial charge in [0.2, 0.25) is 0 Å². The lowest BCUT2D eigenvalue weighted by molar-refractivity contribution is 0.409. The number of rotatable bonds is 3. The van der Waals surface area contributed by atoms with Crippen molar-refractivity contribution in [3.63, 3.8) is 0 Å². The highest BCUT2D eigenvalue weighted by Gasteiger charge is 2.12. The zero-order valence-corrected chi connectivity index (χ0v) is 14.4. The molecule has 0 saturated heterocycles. The maximum atomic E-state index is 5.30. The van der Waals surface area contributed by atoms with Crippen molar-refractivity contribution in [2.24, 2.45) is 0 Å². The van der Waals surface area contributed by atoms with Gasteiger partial charge in [-0.25, -0.2) is 15.0 Å². The number of methoxy groups -OCH3 is 1. The number of nitrogens with zero attached hydrogens (tertiary/aromatic N) is 3. The molecule has 4 heteroatoms. The molecule has 2 aromatic heterocycles. The van der Waals surface area contributed by atoms with Gasteiger partial charge in [-0.15, -0.1) is 0 Å². The van der Waals surface area contributed by atoms with Crippen molar-refractivity contribution >= 4 is 12.2 Å². The summed E-state index contributed by atoms with van der Waals surface area (Å²) in [6.07, 6.45) is 6.44. The Morgan fingerprint density at radius 1 is 0.880 bits per heavy atom. The zero-order chi connectivity index (χ0) is 17.2. The highest BCUT2D eigenvalue weighted by Crippen LogP contribution is 2.21. The number of hydrogen-bond donors (Lipinski definition) is 0. The van der Waals surface area contributed by atoms with Crippen molar-refractivity contribution in [2.75, 3.05) is 7.11 Å². The Kier molecular flexibility index (Phi) is 4.02. The third-order valence-electron chi connectivity index (χ3n) is 4.36. The lowest BCUT2D eigenvalue weighted by Gasteiger charge is -2.10. The predicted octanol–water partition coefficient (Wildman–Crippen LogP) is 2.88. The normalized spacial score (nSPS) is 12.7. The predicted molar refractivity (Wildman–Crippen MR) is 99.4 cm³/mol. The summed E-state index contributed by atoms with van der Waals surface area (Å²) in [5.74, 6) is 1.42. The number of hydrogen-bond acceptors (Lipinski definition) is 4. The molecule has 0 amide bonds. The average Bonchev–Trinajstić information content (AvgIpc) is 2.67. The first-order valence-electron chi connectivity index (χ1n) is 8.42. The lowest BCUT2D eigenvalue weighted by atomic mass is 10.0. The smallest absolute Gasteiger partial charge is 0.179 e. The molecule has 124 valence electrons. The van der Waals surface area contributed by atoms with E-state index in [0.717, 1.165) is 51.8 Å².